The van der Waals surface area contributed by atoms with Gasteiger partial charge in [0, 0.05) is 44.1 Å². The number of nitrogens with zero attached hydrogens (tertiary/aromatic N) is 3. The molecule has 0 saturated carbocycles. The number of aromatic nitrogens is 2. The smallest absolute Gasteiger partial charge is 0.321 e. The molecule has 1 aromatic heterocycles. The molecule has 0 atom stereocenters. The third-order valence-corrected chi connectivity index (χ3v) is 4.92. The van der Waals surface area contributed by atoms with Gasteiger partial charge in [0.25, 0.3) is 5.89 Å². The Bertz CT molecular complexity index is 847. The lowest BCUT2D eigenvalue weighted by Gasteiger charge is -2.34. The lowest BCUT2D eigenvalue weighted by atomic mass is 9.93. The minimum absolute atomic E-state index is 0.00750. The Labute approximate surface area is 169 Å². The Hall–Kier alpha value is -2.84. The van der Waals surface area contributed by atoms with Crippen LogP contribution in [-0.4, -0.2) is 48.4 Å². The number of urea groups is 1. The monoisotopic (exact) mass is 406 g/mol. The van der Waals surface area contributed by atoms with Gasteiger partial charge in [0.2, 0.25) is 0 Å². The number of alkyl halides is 1. The fourth-order valence-corrected chi connectivity index (χ4v) is 3.28. The van der Waals surface area contributed by atoms with Gasteiger partial charge < -0.3 is 24.2 Å². The average molecular weight is 406 g/mol. The summed E-state index contributed by atoms with van der Waals surface area (Å²) in [5.41, 5.74) is -1.14. The second-order valence-corrected chi connectivity index (χ2v) is 7.57. The van der Waals surface area contributed by atoms with Crippen molar-refractivity contribution in [3.05, 3.63) is 29.9 Å². The number of anilines is 1. The SMILES string of the molecule is COc1ccc(NC(=O)N2CCC(F)(c3nc(CC(C)C)no3)CC2)cc1OC. The van der Waals surface area contributed by atoms with Crippen molar-refractivity contribution in [2.45, 2.75) is 38.8 Å². The average Bonchev–Trinajstić information content (AvgIpc) is 3.17. The fourth-order valence-electron chi connectivity index (χ4n) is 3.28. The minimum atomic E-state index is -1.71. The number of amides is 2. The number of hydrogen-bond donors (Lipinski definition) is 1. The molecule has 2 aromatic rings. The molecule has 0 bridgehead atoms. The zero-order valence-electron chi connectivity index (χ0n) is 17.2. The zero-order chi connectivity index (χ0) is 21.0. The molecule has 0 spiro atoms. The Morgan fingerprint density at radius 3 is 2.59 bits per heavy atom. The number of carbonyl (C=O) groups is 1. The summed E-state index contributed by atoms with van der Waals surface area (Å²) < 4.78 is 30.9. The summed E-state index contributed by atoms with van der Waals surface area (Å²) in [6, 6.07) is 4.80. The molecule has 0 radical (unpaired) electrons. The van der Waals surface area contributed by atoms with E-state index in [4.69, 9.17) is 14.0 Å². The number of nitrogens with one attached hydrogen (secondary N) is 1. The molecular weight excluding hydrogens is 379 g/mol. The van der Waals surface area contributed by atoms with Gasteiger partial charge in [-0.05, 0) is 18.1 Å². The van der Waals surface area contributed by atoms with Gasteiger partial charge in [0.15, 0.2) is 23.0 Å². The maximum absolute atomic E-state index is 15.3. The zero-order valence-corrected chi connectivity index (χ0v) is 17.2. The number of halogens is 1. The lowest BCUT2D eigenvalue weighted by molar-refractivity contribution is 0.0411. The number of likely N-dealkylation sites (tertiary alicyclic amines) is 1. The number of ether oxygens (including phenoxy) is 2. The van der Waals surface area contributed by atoms with Crippen LogP contribution in [0, 0.1) is 5.92 Å². The molecule has 2 heterocycles. The summed E-state index contributed by atoms with van der Waals surface area (Å²) in [4.78, 5) is 18.4. The van der Waals surface area contributed by atoms with Crippen molar-refractivity contribution in [3.63, 3.8) is 0 Å². The summed E-state index contributed by atoms with van der Waals surface area (Å²) in [6.45, 7) is 4.57. The number of benzene rings is 1. The number of piperidine rings is 1. The molecule has 1 N–H and O–H groups in total. The highest BCUT2D eigenvalue weighted by molar-refractivity contribution is 5.89. The number of rotatable bonds is 6. The summed E-state index contributed by atoms with van der Waals surface area (Å²) >= 11 is 0. The molecule has 8 nitrogen and oxygen atoms in total. The Balaban J connectivity index is 1.60. The number of methoxy groups -OCH3 is 2. The highest BCUT2D eigenvalue weighted by atomic mass is 19.1. The molecule has 0 aliphatic carbocycles. The van der Waals surface area contributed by atoms with Crippen molar-refractivity contribution < 1.29 is 23.2 Å². The van der Waals surface area contributed by atoms with E-state index < -0.39 is 5.67 Å². The first-order valence-electron chi connectivity index (χ1n) is 9.64. The van der Waals surface area contributed by atoms with Gasteiger partial charge in [-0.3, -0.25) is 0 Å². The van der Waals surface area contributed by atoms with E-state index in [0.29, 0.717) is 35.3 Å². The Kier molecular flexibility index (Phi) is 6.24. The van der Waals surface area contributed by atoms with Crippen LogP contribution in [0.2, 0.25) is 0 Å². The van der Waals surface area contributed by atoms with E-state index in [2.05, 4.69) is 15.5 Å². The molecule has 158 valence electrons. The summed E-state index contributed by atoms with van der Waals surface area (Å²) in [6.07, 6.45) is 0.852. The summed E-state index contributed by atoms with van der Waals surface area (Å²) in [5, 5.41) is 6.68. The normalized spacial score (nSPS) is 16.0. The van der Waals surface area contributed by atoms with E-state index in [9.17, 15) is 4.79 Å². The van der Waals surface area contributed by atoms with Crippen LogP contribution < -0.4 is 14.8 Å². The molecule has 9 heteroatoms. The van der Waals surface area contributed by atoms with Gasteiger partial charge in [-0.15, -0.1) is 0 Å². The maximum atomic E-state index is 15.3. The first-order valence-corrected chi connectivity index (χ1v) is 9.64. The largest absolute Gasteiger partial charge is 0.493 e. The molecule has 1 fully saturated rings. The molecule has 2 amide bonds. The third kappa shape index (κ3) is 4.78. The highest BCUT2D eigenvalue weighted by Gasteiger charge is 2.42. The van der Waals surface area contributed by atoms with E-state index in [0.717, 1.165) is 0 Å². The minimum Gasteiger partial charge on any atom is -0.493 e. The van der Waals surface area contributed by atoms with Crippen LogP contribution in [0.1, 0.15) is 38.4 Å². The van der Waals surface area contributed by atoms with E-state index in [1.165, 1.54) is 7.11 Å². The van der Waals surface area contributed by atoms with Crippen LogP contribution in [0.5, 0.6) is 11.5 Å². The molecular formula is C20H27FN4O4. The Morgan fingerprint density at radius 1 is 1.28 bits per heavy atom. The van der Waals surface area contributed by atoms with Crippen molar-refractivity contribution in [2.75, 3.05) is 32.6 Å². The molecule has 29 heavy (non-hydrogen) atoms. The van der Waals surface area contributed by atoms with Crippen LogP contribution in [-0.2, 0) is 12.1 Å². The first-order chi connectivity index (χ1) is 13.8. The van der Waals surface area contributed by atoms with E-state index in [-0.39, 0.29) is 37.9 Å². The van der Waals surface area contributed by atoms with Crippen molar-refractivity contribution >= 4 is 11.7 Å². The van der Waals surface area contributed by atoms with E-state index in [1.807, 2.05) is 13.8 Å². The molecule has 1 aromatic carbocycles. The molecule has 1 aliphatic rings. The van der Waals surface area contributed by atoms with Gasteiger partial charge in [-0.1, -0.05) is 19.0 Å². The highest BCUT2D eigenvalue weighted by Crippen LogP contribution is 2.36. The third-order valence-electron chi connectivity index (χ3n) is 4.92. The van der Waals surface area contributed by atoms with Gasteiger partial charge >= 0.3 is 6.03 Å². The molecule has 3 rings (SSSR count). The van der Waals surface area contributed by atoms with Crippen molar-refractivity contribution in [1.82, 2.24) is 15.0 Å². The Morgan fingerprint density at radius 2 is 1.97 bits per heavy atom. The summed E-state index contributed by atoms with van der Waals surface area (Å²) in [7, 11) is 3.07. The second-order valence-electron chi connectivity index (χ2n) is 7.57. The van der Waals surface area contributed by atoms with E-state index in [1.54, 1.807) is 30.2 Å². The predicted molar refractivity (Wildman–Crippen MR) is 105 cm³/mol. The lowest BCUT2D eigenvalue weighted by Crippen LogP contribution is -2.45. The van der Waals surface area contributed by atoms with Crippen LogP contribution in [0.4, 0.5) is 14.9 Å². The van der Waals surface area contributed by atoms with Crippen LogP contribution >= 0.6 is 0 Å². The fraction of sp³-hybridized carbons (Fsp3) is 0.550. The van der Waals surface area contributed by atoms with Crippen molar-refractivity contribution in [3.8, 4) is 11.5 Å². The van der Waals surface area contributed by atoms with Gasteiger partial charge in [-0.2, -0.15) is 4.98 Å². The van der Waals surface area contributed by atoms with Crippen LogP contribution in [0.25, 0.3) is 0 Å². The molecule has 1 aliphatic heterocycles. The second kappa shape index (κ2) is 8.67. The van der Waals surface area contributed by atoms with Crippen molar-refractivity contribution in [2.24, 2.45) is 5.92 Å². The van der Waals surface area contributed by atoms with Crippen LogP contribution in [0.15, 0.2) is 22.7 Å². The number of hydrogen-bond acceptors (Lipinski definition) is 6. The summed E-state index contributed by atoms with van der Waals surface area (Å²) in [5.74, 6) is 1.97. The standard InChI is InChI=1S/C20H27FN4O4/c1-13(2)11-17-23-18(29-24-17)20(21)7-9-25(10-8-20)19(26)22-14-5-6-15(27-3)16(12-14)28-4/h5-6,12-13H,7-11H2,1-4H3,(H,22,26). The molecule has 1 saturated heterocycles. The topological polar surface area (TPSA) is 89.7 Å². The predicted octanol–water partition coefficient (Wildman–Crippen LogP) is 3.78. The van der Waals surface area contributed by atoms with Gasteiger partial charge in [-0.25, -0.2) is 9.18 Å². The quantitative estimate of drug-likeness (QED) is 0.785. The van der Waals surface area contributed by atoms with Gasteiger partial charge in [0.1, 0.15) is 0 Å². The van der Waals surface area contributed by atoms with E-state index >= 15 is 4.39 Å². The van der Waals surface area contributed by atoms with Gasteiger partial charge in [0.05, 0.1) is 14.2 Å². The van der Waals surface area contributed by atoms with Crippen LogP contribution in [0.3, 0.4) is 0 Å². The molecule has 0 unspecified atom stereocenters. The number of carbonyl (C=O) groups excluding carboxylic acids is 1. The van der Waals surface area contributed by atoms with Crippen molar-refractivity contribution in [1.29, 1.82) is 0 Å². The first kappa shape index (κ1) is 20.9. The maximum Gasteiger partial charge on any atom is 0.321 e.